The number of pyridine rings is 1. The first-order chi connectivity index (χ1) is 9.72. The van der Waals surface area contributed by atoms with Gasteiger partial charge in [0, 0.05) is 18.8 Å². The molecule has 2 aromatic rings. The largest absolute Gasteiger partial charge is 0.497 e. The van der Waals surface area contributed by atoms with Crippen LogP contribution in [-0.4, -0.2) is 18.6 Å². The van der Waals surface area contributed by atoms with E-state index in [0.717, 1.165) is 40.5 Å². The van der Waals surface area contributed by atoms with Crippen molar-refractivity contribution >= 4 is 21.7 Å². The summed E-state index contributed by atoms with van der Waals surface area (Å²) >= 11 is 3.47. The van der Waals surface area contributed by atoms with E-state index in [0.29, 0.717) is 0 Å². The molecule has 2 rings (SSSR count). The monoisotopic (exact) mass is 336 g/mol. The fourth-order valence-electron chi connectivity index (χ4n) is 1.64. The molecule has 0 aliphatic rings. The zero-order valence-corrected chi connectivity index (χ0v) is 13.1. The first-order valence-corrected chi connectivity index (χ1v) is 7.23. The number of ether oxygens (including phenoxy) is 2. The Morgan fingerprint density at radius 1 is 1.20 bits per heavy atom. The lowest BCUT2D eigenvalue weighted by atomic mass is 10.3. The SMILES string of the molecule is CCCNc1cc(Oc2ccc(OC)cc2Br)ccn1. The van der Waals surface area contributed by atoms with Gasteiger partial charge in [-0.3, -0.25) is 0 Å². The molecule has 0 fully saturated rings. The highest BCUT2D eigenvalue weighted by atomic mass is 79.9. The zero-order valence-electron chi connectivity index (χ0n) is 11.5. The van der Waals surface area contributed by atoms with Gasteiger partial charge >= 0.3 is 0 Å². The first-order valence-electron chi connectivity index (χ1n) is 6.44. The second-order valence-corrected chi connectivity index (χ2v) is 5.06. The minimum atomic E-state index is 0.735. The van der Waals surface area contributed by atoms with Crippen molar-refractivity contribution in [3.63, 3.8) is 0 Å². The molecule has 0 aliphatic carbocycles. The first kappa shape index (κ1) is 14.7. The number of nitrogens with one attached hydrogen (secondary N) is 1. The lowest BCUT2D eigenvalue weighted by Gasteiger charge is -2.10. The molecule has 0 radical (unpaired) electrons. The van der Waals surface area contributed by atoms with Gasteiger partial charge in [-0.2, -0.15) is 0 Å². The summed E-state index contributed by atoms with van der Waals surface area (Å²) in [4.78, 5) is 4.25. The van der Waals surface area contributed by atoms with Gasteiger partial charge in [0.1, 0.15) is 23.1 Å². The topological polar surface area (TPSA) is 43.4 Å². The van der Waals surface area contributed by atoms with Crippen LogP contribution < -0.4 is 14.8 Å². The Morgan fingerprint density at radius 3 is 2.75 bits per heavy atom. The third kappa shape index (κ3) is 3.87. The number of benzene rings is 1. The maximum Gasteiger partial charge on any atom is 0.141 e. The molecule has 1 aromatic heterocycles. The normalized spacial score (nSPS) is 10.2. The van der Waals surface area contributed by atoms with Gasteiger partial charge in [-0.15, -0.1) is 0 Å². The lowest BCUT2D eigenvalue weighted by molar-refractivity contribution is 0.412. The number of nitrogens with zero attached hydrogens (tertiary/aromatic N) is 1. The van der Waals surface area contributed by atoms with Crippen LogP contribution in [0.3, 0.4) is 0 Å². The van der Waals surface area contributed by atoms with Gasteiger partial charge in [0.05, 0.1) is 11.6 Å². The van der Waals surface area contributed by atoms with E-state index in [4.69, 9.17) is 9.47 Å². The summed E-state index contributed by atoms with van der Waals surface area (Å²) < 4.78 is 11.8. The van der Waals surface area contributed by atoms with Crippen molar-refractivity contribution in [2.75, 3.05) is 19.0 Å². The molecule has 1 heterocycles. The average Bonchev–Trinajstić information content (AvgIpc) is 2.47. The van der Waals surface area contributed by atoms with Gasteiger partial charge < -0.3 is 14.8 Å². The van der Waals surface area contributed by atoms with E-state index in [1.165, 1.54) is 0 Å². The molecular weight excluding hydrogens is 320 g/mol. The number of halogens is 1. The molecular formula is C15H17BrN2O2. The summed E-state index contributed by atoms with van der Waals surface area (Å²) in [6.45, 7) is 3.00. The van der Waals surface area contributed by atoms with E-state index < -0.39 is 0 Å². The van der Waals surface area contributed by atoms with Gasteiger partial charge in [-0.25, -0.2) is 4.98 Å². The van der Waals surface area contributed by atoms with E-state index in [-0.39, 0.29) is 0 Å². The van der Waals surface area contributed by atoms with Crippen LogP contribution in [0.1, 0.15) is 13.3 Å². The summed E-state index contributed by atoms with van der Waals surface area (Å²) in [7, 11) is 1.64. The Morgan fingerprint density at radius 2 is 2.05 bits per heavy atom. The number of rotatable bonds is 6. The Bertz CT molecular complexity index is 576. The van der Waals surface area contributed by atoms with Crippen molar-refractivity contribution in [1.29, 1.82) is 0 Å². The van der Waals surface area contributed by atoms with Gasteiger partial charge in [0.25, 0.3) is 0 Å². The van der Waals surface area contributed by atoms with Crippen molar-refractivity contribution in [1.82, 2.24) is 4.98 Å². The molecule has 0 bridgehead atoms. The fourth-order valence-corrected chi connectivity index (χ4v) is 2.08. The molecule has 0 amide bonds. The fraction of sp³-hybridized carbons (Fsp3) is 0.267. The Labute approximate surface area is 127 Å². The van der Waals surface area contributed by atoms with Crippen LogP contribution in [0.25, 0.3) is 0 Å². The molecule has 1 aromatic carbocycles. The molecule has 0 spiro atoms. The van der Waals surface area contributed by atoms with Crippen LogP contribution in [0.15, 0.2) is 41.0 Å². The van der Waals surface area contributed by atoms with Crippen LogP contribution in [0.5, 0.6) is 17.2 Å². The standard InChI is InChI=1S/C15H17BrN2O2/c1-3-7-17-15-10-12(6-8-18-15)20-14-5-4-11(19-2)9-13(14)16/h4-6,8-10H,3,7H2,1-2H3,(H,17,18). The predicted octanol–water partition coefficient (Wildman–Crippen LogP) is 4.47. The molecule has 4 nitrogen and oxygen atoms in total. The van der Waals surface area contributed by atoms with Crippen LogP contribution >= 0.6 is 15.9 Å². The van der Waals surface area contributed by atoms with Gasteiger partial charge in [0.2, 0.25) is 0 Å². The van der Waals surface area contributed by atoms with E-state index in [1.807, 2.05) is 30.3 Å². The van der Waals surface area contributed by atoms with Crippen molar-refractivity contribution in [2.45, 2.75) is 13.3 Å². The quantitative estimate of drug-likeness (QED) is 0.845. The molecule has 0 saturated carbocycles. The van der Waals surface area contributed by atoms with Crippen LogP contribution in [0, 0.1) is 0 Å². The third-order valence-corrected chi connectivity index (χ3v) is 3.27. The molecule has 0 atom stereocenters. The second-order valence-electron chi connectivity index (χ2n) is 4.20. The van der Waals surface area contributed by atoms with E-state index >= 15 is 0 Å². The highest BCUT2D eigenvalue weighted by Crippen LogP contribution is 2.33. The second kappa shape index (κ2) is 7.14. The van der Waals surface area contributed by atoms with Crippen molar-refractivity contribution in [3.05, 3.63) is 41.0 Å². The number of methoxy groups -OCH3 is 1. The highest BCUT2D eigenvalue weighted by Gasteiger charge is 2.05. The average molecular weight is 337 g/mol. The number of aromatic nitrogens is 1. The molecule has 20 heavy (non-hydrogen) atoms. The summed E-state index contributed by atoms with van der Waals surface area (Å²) in [5.74, 6) is 3.07. The molecule has 0 aliphatic heterocycles. The molecule has 1 N–H and O–H groups in total. The molecule has 106 valence electrons. The van der Waals surface area contributed by atoms with Crippen molar-refractivity contribution in [3.8, 4) is 17.2 Å². The van der Waals surface area contributed by atoms with Crippen molar-refractivity contribution in [2.24, 2.45) is 0 Å². The summed E-state index contributed by atoms with van der Waals surface area (Å²) in [6.07, 6.45) is 2.78. The summed E-state index contributed by atoms with van der Waals surface area (Å²) in [5.41, 5.74) is 0. The van der Waals surface area contributed by atoms with Crippen molar-refractivity contribution < 1.29 is 9.47 Å². The highest BCUT2D eigenvalue weighted by molar-refractivity contribution is 9.10. The van der Waals surface area contributed by atoms with E-state index in [2.05, 4.69) is 33.2 Å². The van der Waals surface area contributed by atoms with Crippen LogP contribution in [0.4, 0.5) is 5.82 Å². The zero-order chi connectivity index (χ0) is 14.4. The Balaban J connectivity index is 2.13. The molecule has 5 heteroatoms. The smallest absolute Gasteiger partial charge is 0.141 e. The van der Waals surface area contributed by atoms with E-state index in [1.54, 1.807) is 13.3 Å². The van der Waals surface area contributed by atoms with Crippen LogP contribution in [-0.2, 0) is 0 Å². The Hall–Kier alpha value is -1.75. The number of anilines is 1. The molecule has 0 unspecified atom stereocenters. The van der Waals surface area contributed by atoms with Gasteiger partial charge in [0.15, 0.2) is 0 Å². The van der Waals surface area contributed by atoms with Crippen LogP contribution in [0.2, 0.25) is 0 Å². The van der Waals surface area contributed by atoms with Gasteiger partial charge in [-0.1, -0.05) is 6.92 Å². The predicted molar refractivity (Wildman–Crippen MR) is 83.8 cm³/mol. The minimum Gasteiger partial charge on any atom is -0.497 e. The third-order valence-electron chi connectivity index (χ3n) is 2.65. The summed E-state index contributed by atoms with van der Waals surface area (Å²) in [6, 6.07) is 9.30. The number of hydrogen-bond acceptors (Lipinski definition) is 4. The molecule has 0 saturated heterocycles. The number of hydrogen-bond donors (Lipinski definition) is 1. The van der Waals surface area contributed by atoms with E-state index in [9.17, 15) is 0 Å². The lowest BCUT2D eigenvalue weighted by Crippen LogP contribution is -2.01. The van der Waals surface area contributed by atoms with Gasteiger partial charge in [-0.05, 0) is 46.6 Å². The maximum atomic E-state index is 5.85. The Kier molecular flexibility index (Phi) is 5.24. The maximum absolute atomic E-state index is 5.85. The minimum absolute atomic E-state index is 0.735. The summed E-state index contributed by atoms with van der Waals surface area (Å²) in [5, 5.41) is 3.23.